The van der Waals surface area contributed by atoms with Crippen LogP contribution in [0.25, 0.3) is 5.70 Å². The molecule has 0 saturated carbocycles. The molecule has 2 aromatic rings. The summed E-state index contributed by atoms with van der Waals surface area (Å²) in [7, 11) is 0. The number of anilines is 1. The first-order valence-electron chi connectivity index (χ1n) is 12.2. The van der Waals surface area contributed by atoms with Crippen molar-refractivity contribution < 1.29 is 13.6 Å². The van der Waals surface area contributed by atoms with Crippen LogP contribution in [-0.2, 0) is 11.3 Å². The Bertz CT molecular complexity index is 1080. The van der Waals surface area contributed by atoms with Crippen molar-refractivity contribution in [3.63, 3.8) is 0 Å². The summed E-state index contributed by atoms with van der Waals surface area (Å²) in [4.78, 5) is 15.2. The monoisotopic (exact) mass is 519 g/mol. The summed E-state index contributed by atoms with van der Waals surface area (Å²) in [5.41, 5.74) is 2.77. The van der Waals surface area contributed by atoms with Crippen LogP contribution in [0.1, 0.15) is 64.1 Å². The summed E-state index contributed by atoms with van der Waals surface area (Å²) >= 11 is 6.16. The molecule has 0 spiro atoms. The minimum atomic E-state index is -0.607. The van der Waals surface area contributed by atoms with Crippen molar-refractivity contribution in [1.82, 2.24) is 14.9 Å². The van der Waals surface area contributed by atoms with Crippen molar-refractivity contribution in [2.24, 2.45) is 5.16 Å². The first kappa shape index (κ1) is 29.1. The molecule has 1 aromatic carbocycles. The van der Waals surface area contributed by atoms with Gasteiger partial charge < -0.3 is 20.0 Å². The third kappa shape index (κ3) is 9.15. The Balaban J connectivity index is 2.00. The lowest BCUT2D eigenvalue weighted by atomic mass is 10.1. The van der Waals surface area contributed by atoms with Gasteiger partial charge >= 0.3 is 0 Å². The number of H-pyrrole nitrogens is 1. The van der Waals surface area contributed by atoms with Gasteiger partial charge in [0.05, 0.1) is 11.4 Å². The predicted octanol–water partition coefficient (Wildman–Crippen LogP) is 7.68. The van der Waals surface area contributed by atoms with E-state index in [1.165, 1.54) is 12.1 Å². The van der Waals surface area contributed by atoms with E-state index in [-0.39, 0.29) is 6.42 Å². The highest BCUT2D eigenvalue weighted by molar-refractivity contribution is 6.28. The van der Waals surface area contributed by atoms with E-state index >= 15 is 0 Å². The maximum absolute atomic E-state index is 13.9. The minimum Gasteiger partial charge on any atom is -0.370 e. The van der Waals surface area contributed by atoms with E-state index < -0.39 is 11.6 Å². The zero-order chi connectivity index (χ0) is 26.5. The molecule has 2 N–H and O–H groups in total. The van der Waals surface area contributed by atoms with Crippen molar-refractivity contribution in [1.29, 1.82) is 0 Å². The molecule has 0 fully saturated rings. The van der Waals surface area contributed by atoms with Crippen molar-refractivity contribution in [2.45, 2.75) is 59.3 Å². The zero-order valence-corrected chi connectivity index (χ0v) is 22.1. The summed E-state index contributed by atoms with van der Waals surface area (Å²) < 4.78 is 27.0. The molecule has 0 atom stereocenters. The minimum absolute atomic E-state index is 0.225. The summed E-state index contributed by atoms with van der Waals surface area (Å²) in [6, 6.07) is 3.50. The molecule has 0 aliphatic carbocycles. The molecule has 9 heteroatoms. The van der Waals surface area contributed by atoms with E-state index in [1.54, 1.807) is 13.1 Å². The van der Waals surface area contributed by atoms with Crippen LogP contribution in [0.4, 0.5) is 14.6 Å². The Labute approximate surface area is 217 Å². The molecular weight excluding hydrogens is 484 g/mol. The smallest absolute Gasteiger partial charge is 0.202 e. The van der Waals surface area contributed by atoms with E-state index in [4.69, 9.17) is 16.4 Å². The van der Waals surface area contributed by atoms with Crippen molar-refractivity contribution in [2.75, 3.05) is 18.4 Å². The SMILES string of the molecule is C=CNc1nc(Cl)[nH]c1C(=CCC)N(CCCC)CCCC(=C)O/N=C(\C)Cc1ccc(F)cc1F. The van der Waals surface area contributed by atoms with Crippen LogP contribution in [0, 0.1) is 11.6 Å². The highest BCUT2D eigenvalue weighted by Gasteiger charge is 2.18. The number of unbranched alkanes of at least 4 members (excludes halogenated alkanes) is 1. The molecule has 0 radical (unpaired) electrons. The Morgan fingerprint density at radius 3 is 2.69 bits per heavy atom. The maximum Gasteiger partial charge on any atom is 0.202 e. The third-order valence-corrected chi connectivity index (χ3v) is 5.54. The van der Waals surface area contributed by atoms with Crippen LogP contribution in [0.15, 0.2) is 54.5 Å². The van der Waals surface area contributed by atoms with Crippen LogP contribution < -0.4 is 5.32 Å². The molecular formula is C27H36ClF2N5O. The first-order chi connectivity index (χ1) is 17.3. The van der Waals surface area contributed by atoms with E-state index in [0.29, 0.717) is 34.6 Å². The third-order valence-electron chi connectivity index (χ3n) is 5.37. The van der Waals surface area contributed by atoms with Crippen LogP contribution in [0.2, 0.25) is 5.28 Å². The lowest BCUT2D eigenvalue weighted by Gasteiger charge is -2.27. The Morgan fingerprint density at radius 2 is 2.03 bits per heavy atom. The Kier molecular flexibility index (Phi) is 12.2. The molecule has 0 aliphatic rings. The van der Waals surface area contributed by atoms with Crippen LogP contribution >= 0.6 is 11.6 Å². The number of rotatable bonds is 16. The van der Waals surface area contributed by atoms with Crippen molar-refractivity contribution >= 4 is 28.8 Å². The van der Waals surface area contributed by atoms with Gasteiger partial charge in [-0.25, -0.2) is 8.78 Å². The first-order valence-corrected chi connectivity index (χ1v) is 12.6. The molecule has 1 aromatic heterocycles. The van der Waals surface area contributed by atoms with Gasteiger partial charge in [-0.15, -0.1) is 0 Å². The number of hydrogen-bond donors (Lipinski definition) is 2. The topological polar surface area (TPSA) is 65.5 Å². The van der Waals surface area contributed by atoms with Gasteiger partial charge in [0.2, 0.25) is 5.28 Å². The van der Waals surface area contributed by atoms with Gasteiger partial charge in [-0.05, 0) is 55.6 Å². The van der Waals surface area contributed by atoms with Crippen LogP contribution in [-0.4, -0.2) is 33.7 Å². The Hall–Kier alpha value is -3.13. The second-order valence-electron chi connectivity index (χ2n) is 8.41. The molecule has 0 aliphatic heterocycles. The second-order valence-corrected chi connectivity index (χ2v) is 8.77. The molecule has 0 saturated heterocycles. The standard InChI is InChI=1S/C27H36ClF2N5O/c1-6-9-15-35(24(11-7-2)25-26(31-8-3)33-27(28)32-25)16-10-12-20(5)36-34-19(4)17-21-13-14-22(29)18-23(21)30/h8,11,13-14,18,31H,3,5-7,9-10,12,15-17H2,1-2,4H3,(H,32,33)/b24-11?,34-19+. The van der Waals surface area contributed by atoms with Gasteiger partial charge in [0.15, 0.2) is 5.82 Å². The number of halogens is 3. The fourth-order valence-electron chi connectivity index (χ4n) is 3.64. The highest BCUT2D eigenvalue weighted by atomic mass is 35.5. The fourth-order valence-corrected chi connectivity index (χ4v) is 3.82. The maximum atomic E-state index is 13.9. The van der Waals surface area contributed by atoms with E-state index in [1.807, 2.05) is 0 Å². The molecule has 0 unspecified atom stereocenters. The molecule has 196 valence electrons. The number of aromatic nitrogens is 2. The largest absolute Gasteiger partial charge is 0.370 e. The lowest BCUT2D eigenvalue weighted by molar-refractivity contribution is 0.213. The highest BCUT2D eigenvalue weighted by Crippen LogP contribution is 2.28. The molecule has 1 heterocycles. The fraction of sp³-hybridized carbons (Fsp3) is 0.407. The molecule has 2 rings (SSSR count). The normalized spacial score (nSPS) is 11.9. The number of oxime groups is 1. The number of allylic oxidation sites excluding steroid dienone is 2. The average molecular weight is 520 g/mol. The Morgan fingerprint density at radius 1 is 1.28 bits per heavy atom. The average Bonchev–Trinajstić information content (AvgIpc) is 3.20. The zero-order valence-electron chi connectivity index (χ0n) is 21.3. The summed E-state index contributed by atoms with van der Waals surface area (Å²) in [6.07, 6.45) is 8.29. The summed E-state index contributed by atoms with van der Waals surface area (Å²) in [5, 5.41) is 7.42. The second kappa shape index (κ2) is 15.1. The number of nitrogens with zero attached hydrogens (tertiary/aromatic N) is 3. The number of imidazole rings is 1. The number of nitrogens with one attached hydrogen (secondary N) is 2. The lowest BCUT2D eigenvalue weighted by Crippen LogP contribution is -2.25. The van der Waals surface area contributed by atoms with E-state index in [2.05, 4.69) is 58.4 Å². The molecule has 6 nitrogen and oxygen atoms in total. The molecule has 36 heavy (non-hydrogen) atoms. The van der Waals surface area contributed by atoms with Gasteiger partial charge in [-0.1, -0.05) is 50.7 Å². The summed E-state index contributed by atoms with van der Waals surface area (Å²) in [5.74, 6) is -0.0592. The summed E-state index contributed by atoms with van der Waals surface area (Å²) in [6.45, 7) is 15.3. The van der Waals surface area contributed by atoms with Gasteiger partial charge in [-0.3, -0.25) is 0 Å². The van der Waals surface area contributed by atoms with Crippen molar-refractivity contribution in [3.05, 3.63) is 77.6 Å². The van der Waals surface area contributed by atoms with Gasteiger partial charge in [0.25, 0.3) is 0 Å². The van der Waals surface area contributed by atoms with Crippen molar-refractivity contribution in [3.8, 4) is 0 Å². The van der Waals surface area contributed by atoms with Gasteiger partial charge in [0.1, 0.15) is 23.1 Å². The van der Waals surface area contributed by atoms with E-state index in [9.17, 15) is 8.78 Å². The number of aromatic amines is 1. The molecule has 0 bridgehead atoms. The van der Waals surface area contributed by atoms with Gasteiger partial charge in [0, 0.05) is 32.0 Å². The number of benzene rings is 1. The number of hydrogen-bond acceptors (Lipinski definition) is 5. The van der Waals surface area contributed by atoms with Crippen LogP contribution in [0.5, 0.6) is 0 Å². The quantitative estimate of drug-likeness (QED) is 0.136. The molecule has 0 amide bonds. The van der Waals surface area contributed by atoms with Crippen LogP contribution in [0.3, 0.4) is 0 Å². The predicted molar refractivity (Wildman–Crippen MR) is 145 cm³/mol. The van der Waals surface area contributed by atoms with Gasteiger partial charge in [-0.2, -0.15) is 4.98 Å². The van der Waals surface area contributed by atoms with E-state index in [0.717, 1.165) is 56.2 Å².